The van der Waals surface area contributed by atoms with Crippen LogP contribution in [-0.2, 0) is 12.8 Å². The topological polar surface area (TPSA) is 30.2 Å². The SMILES string of the molecule is O=c1cc2c(c(-c3cc4ccccc4s3)o1)CCCC2. The molecule has 1 aliphatic rings. The fourth-order valence-corrected chi connectivity index (χ4v) is 4.05. The highest BCUT2D eigenvalue weighted by Gasteiger charge is 2.19. The van der Waals surface area contributed by atoms with E-state index in [0.29, 0.717) is 0 Å². The molecule has 4 rings (SSSR count). The molecular weight excluding hydrogens is 268 g/mol. The van der Waals surface area contributed by atoms with Gasteiger partial charge in [-0.3, -0.25) is 0 Å². The third-order valence-electron chi connectivity index (χ3n) is 3.93. The van der Waals surface area contributed by atoms with Crippen LogP contribution in [0.25, 0.3) is 20.7 Å². The molecule has 100 valence electrons. The van der Waals surface area contributed by atoms with E-state index in [1.54, 1.807) is 17.4 Å². The summed E-state index contributed by atoms with van der Waals surface area (Å²) in [6.07, 6.45) is 4.36. The normalized spacial score (nSPS) is 14.4. The van der Waals surface area contributed by atoms with Crippen molar-refractivity contribution >= 4 is 21.4 Å². The molecule has 0 fully saturated rings. The van der Waals surface area contributed by atoms with Gasteiger partial charge < -0.3 is 4.42 Å². The second kappa shape index (κ2) is 4.60. The Morgan fingerprint density at radius 1 is 1.05 bits per heavy atom. The summed E-state index contributed by atoms with van der Waals surface area (Å²) in [5, 5.41) is 1.21. The molecular formula is C17H14O2S. The largest absolute Gasteiger partial charge is 0.422 e. The van der Waals surface area contributed by atoms with Gasteiger partial charge in [-0.2, -0.15) is 0 Å². The number of fused-ring (bicyclic) bond motifs is 2. The molecule has 0 bridgehead atoms. The van der Waals surface area contributed by atoms with Crippen molar-refractivity contribution in [3.8, 4) is 10.6 Å². The molecule has 2 nitrogen and oxygen atoms in total. The lowest BCUT2D eigenvalue weighted by molar-refractivity contribution is 0.508. The van der Waals surface area contributed by atoms with E-state index in [0.717, 1.165) is 23.5 Å². The Kier molecular flexibility index (Phi) is 2.74. The molecule has 0 saturated carbocycles. The minimum atomic E-state index is -0.224. The van der Waals surface area contributed by atoms with Crippen LogP contribution in [0.4, 0.5) is 0 Å². The van der Waals surface area contributed by atoms with E-state index < -0.39 is 0 Å². The first-order valence-corrected chi connectivity index (χ1v) is 7.78. The van der Waals surface area contributed by atoms with Crippen molar-refractivity contribution in [1.82, 2.24) is 0 Å². The van der Waals surface area contributed by atoms with E-state index >= 15 is 0 Å². The zero-order chi connectivity index (χ0) is 13.5. The molecule has 3 aromatic rings. The minimum Gasteiger partial charge on any atom is -0.422 e. The quantitative estimate of drug-likeness (QED) is 0.662. The first kappa shape index (κ1) is 11.9. The molecule has 0 spiro atoms. The monoisotopic (exact) mass is 282 g/mol. The molecule has 0 saturated heterocycles. The smallest absolute Gasteiger partial charge is 0.336 e. The van der Waals surface area contributed by atoms with Gasteiger partial charge in [0.1, 0.15) is 0 Å². The van der Waals surface area contributed by atoms with Crippen molar-refractivity contribution < 1.29 is 4.42 Å². The van der Waals surface area contributed by atoms with Gasteiger partial charge in [0, 0.05) is 10.8 Å². The molecule has 0 radical (unpaired) electrons. The highest BCUT2D eigenvalue weighted by atomic mass is 32.1. The molecule has 0 N–H and O–H groups in total. The number of benzene rings is 1. The van der Waals surface area contributed by atoms with Crippen LogP contribution in [0, 0.1) is 0 Å². The van der Waals surface area contributed by atoms with Gasteiger partial charge >= 0.3 is 5.63 Å². The van der Waals surface area contributed by atoms with Crippen LogP contribution in [0.15, 0.2) is 45.6 Å². The molecule has 0 amide bonds. The Bertz CT molecular complexity index is 809. The maximum atomic E-state index is 11.8. The van der Waals surface area contributed by atoms with Crippen LogP contribution >= 0.6 is 11.3 Å². The van der Waals surface area contributed by atoms with Gasteiger partial charge in [0.15, 0.2) is 5.76 Å². The maximum Gasteiger partial charge on any atom is 0.336 e. The second-order valence-corrected chi connectivity index (χ2v) is 6.34. The zero-order valence-electron chi connectivity index (χ0n) is 11.0. The first-order chi connectivity index (χ1) is 9.81. The third kappa shape index (κ3) is 1.90. The molecule has 1 aliphatic carbocycles. The van der Waals surface area contributed by atoms with Gasteiger partial charge in [0.25, 0.3) is 0 Å². The summed E-state index contributed by atoms with van der Waals surface area (Å²) < 4.78 is 6.78. The lowest BCUT2D eigenvalue weighted by Crippen LogP contribution is -2.10. The molecule has 20 heavy (non-hydrogen) atoms. The van der Waals surface area contributed by atoms with E-state index in [-0.39, 0.29) is 5.63 Å². The second-order valence-electron chi connectivity index (χ2n) is 5.25. The standard InChI is InChI=1S/C17H14O2S/c18-16-10-11-5-1-3-7-13(11)17(19-16)15-9-12-6-2-4-8-14(12)20-15/h2,4,6,8-10H,1,3,5,7H2. The number of aryl methyl sites for hydroxylation is 1. The predicted octanol–water partition coefficient (Wildman–Crippen LogP) is 4.40. The average molecular weight is 282 g/mol. The molecule has 2 aromatic heterocycles. The number of rotatable bonds is 1. The summed E-state index contributed by atoms with van der Waals surface area (Å²) in [5.74, 6) is 0.799. The van der Waals surface area contributed by atoms with Crippen LogP contribution in [0.5, 0.6) is 0 Å². The van der Waals surface area contributed by atoms with E-state index in [4.69, 9.17) is 4.42 Å². The zero-order valence-corrected chi connectivity index (χ0v) is 11.8. The van der Waals surface area contributed by atoms with Crippen molar-refractivity contribution in [2.75, 3.05) is 0 Å². The summed E-state index contributed by atoms with van der Waals surface area (Å²) >= 11 is 1.70. The number of hydrogen-bond donors (Lipinski definition) is 0. The molecule has 0 unspecified atom stereocenters. The van der Waals surface area contributed by atoms with Gasteiger partial charge in [-0.25, -0.2) is 4.79 Å². The van der Waals surface area contributed by atoms with Crippen LogP contribution in [-0.4, -0.2) is 0 Å². The molecule has 3 heteroatoms. The van der Waals surface area contributed by atoms with Gasteiger partial charge in [0.2, 0.25) is 0 Å². The van der Waals surface area contributed by atoms with Crippen molar-refractivity contribution in [3.05, 3.63) is 57.9 Å². The van der Waals surface area contributed by atoms with E-state index in [9.17, 15) is 4.79 Å². The average Bonchev–Trinajstić information content (AvgIpc) is 2.90. The molecule has 2 heterocycles. The molecule has 0 atom stereocenters. The van der Waals surface area contributed by atoms with Gasteiger partial charge in [-0.15, -0.1) is 11.3 Å². The van der Waals surface area contributed by atoms with Gasteiger partial charge in [-0.1, -0.05) is 18.2 Å². The summed E-state index contributed by atoms with van der Waals surface area (Å²) in [5.41, 5.74) is 2.19. The Labute approximate surface area is 120 Å². The van der Waals surface area contributed by atoms with Crippen molar-refractivity contribution in [2.45, 2.75) is 25.7 Å². The highest BCUT2D eigenvalue weighted by molar-refractivity contribution is 7.22. The Morgan fingerprint density at radius 3 is 2.80 bits per heavy atom. The van der Waals surface area contributed by atoms with Crippen LogP contribution in [0.2, 0.25) is 0 Å². The summed E-state index contributed by atoms with van der Waals surface area (Å²) in [6.45, 7) is 0. The van der Waals surface area contributed by atoms with E-state index in [1.807, 2.05) is 12.1 Å². The van der Waals surface area contributed by atoms with Crippen LogP contribution in [0.3, 0.4) is 0 Å². The van der Waals surface area contributed by atoms with E-state index in [1.165, 1.54) is 34.1 Å². The fourth-order valence-electron chi connectivity index (χ4n) is 2.97. The van der Waals surface area contributed by atoms with Crippen molar-refractivity contribution in [3.63, 3.8) is 0 Å². The summed E-state index contributed by atoms with van der Waals surface area (Å²) in [4.78, 5) is 12.9. The Balaban J connectivity index is 1.97. The van der Waals surface area contributed by atoms with E-state index in [2.05, 4.69) is 18.2 Å². The van der Waals surface area contributed by atoms with Crippen molar-refractivity contribution in [2.24, 2.45) is 0 Å². The number of thiophene rings is 1. The minimum absolute atomic E-state index is 0.224. The van der Waals surface area contributed by atoms with Crippen LogP contribution < -0.4 is 5.63 Å². The fraction of sp³-hybridized carbons (Fsp3) is 0.235. The Hall–Kier alpha value is -1.87. The Morgan fingerprint density at radius 2 is 1.90 bits per heavy atom. The first-order valence-electron chi connectivity index (χ1n) is 6.96. The number of hydrogen-bond acceptors (Lipinski definition) is 3. The lowest BCUT2D eigenvalue weighted by atomic mass is 9.91. The van der Waals surface area contributed by atoms with Gasteiger partial charge in [0.05, 0.1) is 4.88 Å². The third-order valence-corrected chi connectivity index (χ3v) is 5.04. The maximum absolute atomic E-state index is 11.8. The van der Waals surface area contributed by atoms with Crippen LogP contribution in [0.1, 0.15) is 24.0 Å². The molecule has 0 aliphatic heterocycles. The summed E-state index contributed by atoms with van der Waals surface area (Å²) in [7, 11) is 0. The van der Waals surface area contributed by atoms with Gasteiger partial charge in [-0.05, 0) is 54.3 Å². The lowest BCUT2D eigenvalue weighted by Gasteiger charge is -2.16. The molecule has 1 aromatic carbocycles. The predicted molar refractivity (Wildman–Crippen MR) is 82.4 cm³/mol. The highest BCUT2D eigenvalue weighted by Crippen LogP contribution is 2.37. The summed E-state index contributed by atoms with van der Waals surface area (Å²) in [6, 6.07) is 12.1. The van der Waals surface area contributed by atoms with Crippen molar-refractivity contribution in [1.29, 1.82) is 0 Å².